The molecule has 1 saturated heterocycles. The van der Waals surface area contributed by atoms with Crippen LogP contribution in [0, 0.1) is 0 Å². The maximum atomic E-state index is 12.7. The quantitative estimate of drug-likeness (QED) is 0.0291. The first-order valence-electron chi connectivity index (χ1n) is 21.0. The van der Waals surface area contributed by atoms with E-state index in [4.69, 9.17) is 18.9 Å². The molecule has 1 rings (SSSR count). The predicted molar refractivity (Wildman–Crippen MR) is 219 cm³/mol. The molecule has 0 unspecified atom stereocenters. The minimum absolute atomic E-state index is 0.202. The molecule has 1 fully saturated rings. The topological polar surface area (TPSA) is 152 Å². The van der Waals surface area contributed by atoms with Gasteiger partial charge in [-0.05, 0) is 77.0 Å². The Bertz CT molecular complexity index is 1120. The van der Waals surface area contributed by atoms with Crippen molar-refractivity contribution in [2.45, 2.75) is 179 Å². The Morgan fingerprint density at radius 1 is 0.564 bits per heavy atom. The molecule has 1 heterocycles. The number of rotatable bonds is 33. The third-order valence-electron chi connectivity index (χ3n) is 9.09. The Hall–Kier alpha value is -2.86. The Balaban J connectivity index is 2.39. The average molecular weight is 775 g/mol. The maximum Gasteiger partial charge on any atom is 0.306 e. The molecule has 4 N–H and O–H groups in total. The maximum absolute atomic E-state index is 12.7. The van der Waals surface area contributed by atoms with Gasteiger partial charge in [0, 0.05) is 12.8 Å². The van der Waals surface area contributed by atoms with Crippen LogP contribution >= 0.6 is 0 Å². The van der Waals surface area contributed by atoms with Gasteiger partial charge in [-0.3, -0.25) is 9.59 Å². The van der Waals surface area contributed by atoms with Gasteiger partial charge in [0.2, 0.25) is 0 Å². The number of carbonyl (C=O) groups is 2. The normalized spacial score (nSPS) is 21.3. The van der Waals surface area contributed by atoms with Crippen LogP contribution in [0.1, 0.15) is 142 Å². The smallest absolute Gasteiger partial charge is 0.306 e. The van der Waals surface area contributed by atoms with E-state index < -0.39 is 55.4 Å². The molecule has 10 nitrogen and oxygen atoms in total. The predicted octanol–water partition coefficient (Wildman–Crippen LogP) is 8.44. The molecule has 0 aromatic carbocycles. The lowest BCUT2D eigenvalue weighted by Gasteiger charge is -2.39. The zero-order chi connectivity index (χ0) is 40.2. The number of ether oxygens (including phenoxy) is 4. The first-order chi connectivity index (χ1) is 26.8. The summed E-state index contributed by atoms with van der Waals surface area (Å²) >= 11 is 0. The van der Waals surface area contributed by atoms with Crippen LogP contribution in [0.3, 0.4) is 0 Å². The van der Waals surface area contributed by atoms with Crippen molar-refractivity contribution in [1.29, 1.82) is 0 Å². The highest BCUT2D eigenvalue weighted by atomic mass is 16.7. The summed E-state index contributed by atoms with van der Waals surface area (Å²) in [6.07, 6.45) is 36.2. The number of aliphatic hydroxyl groups is 4. The number of carbonyl (C=O) groups excluding carboxylic acids is 2. The van der Waals surface area contributed by atoms with Crippen LogP contribution in [-0.4, -0.2) is 89.0 Å². The SMILES string of the molecule is CC/C=C\C/C=C\C/C=C\CCCCCCCC(=O)OC[C@H](CO[C@@H]1O[C@H](CO)[C@H](O)[C@H](O)[C@@H]1O)OC(=O)CCCCCCC/C=C\C/C=C\C/C=C\CC. The first kappa shape index (κ1) is 50.2. The molecule has 0 amide bonds. The van der Waals surface area contributed by atoms with Crippen LogP contribution in [0.2, 0.25) is 0 Å². The van der Waals surface area contributed by atoms with Gasteiger partial charge >= 0.3 is 11.9 Å². The van der Waals surface area contributed by atoms with Crippen LogP contribution < -0.4 is 0 Å². The van der Waals surface area contributed by atoms with E-state index in [-0.39, 0.29) is 26.1 Å². The minimum atomic E-state index is -1.60. The van der Waals surface area contributed by atoms with E-state index in [1.807, 2.05) is 0 Å². The summed E-state index contributed by atoms with van der Waals surface area (Å²) in [7, 11) is 0. The number of aliphatic hydroxyl groups excluding tert-OH is 4. The van der Waals surface area contributed by atoms with Crippen molar-refractivity contribution >= 4 is 11.9 Å². The number of unbranched alkanes of at least 4 members (excludes halogenated alkanes) is 10. The van der Waals surface area contributed by atoms with Crippen molar-refractivity contribution in [3.05, 3.63) is 72.9 Å². The zero-order valence-corrected chi connectivity index (χ0v) is 33.9. The van der Waals surface area contributed by atoms with Gasteiger partial charge < -0.3 is 39.4 Å². The Morgan fingerprint density at radius 2 is 1.02 bits per heavy atom. The van der Waals surface area contributed by atoms with Gasteiger partial charge in [-0.1, -0.05) is 125 Å². The monoisotopic (exact) mass is 775 g/mol. The Morgan fingerprint density at radius 3 is 1.53 bits per heavy atom. The molecule has 10 heteroatoms. The van der Waals surface area contributed by atoms with Crippen LogP contribution in [0.5, 0.6) is 0 Å². The molecular weight excluding hydrogens is 700 g/mol. The van der Waals surface area contributed by atoms with Gasteiger partial charge in [0.05, 0.1) is 13.2 Å². The van der Waals surface area contributed by atoms with E-state index in [1.54, 1.807) is 0 Å². The Labute approximate surface area is 332 Å². The lowest BCUT2D eigenvalue weighted by atomic mass is 9.99. The summed E-state index contributed by atoms with van der Waals surface area (Å²) in [5.74, 6) is -0.855. The third kappa shape index (κ3) is 27.4. The summed E-state index contributed by atoms with van der Waals surface area (Å²) in [6, 6.07) is 0. The van der Waals surface area contributed by atoms with Crippen molar-refractivity contribution in [3.8, 4) is 0 Å². The third-order valence-corrected chi connectivity index (χ3v) is 9.09. The lowest BCUT2D eigenvalue weighted by molar-refractivity contribution is -0.305. The molecular formula is C45H74O10. The van der Waals surface area contributed by atoms with Crippen LogP contribution in [0.15, 0.2) is 72.9 Å². The van der Waals surface area contributed by atoms with E-state index in [9.17, 15) is 30.0 Å². The molecule has 0 bridgehead atoms. The van der Waals surface area contributed by atoms with Crippen LogP contribution in [0.25, 0.3) is 0 Å². The first-order valence-corrected chi connectivity index (χ1v) is 21.0. The van der Waals surface area contributed by atoms with E-state index >= 15 is 0 Å². The minimum Gasteiger partial charge on any atom is -0.462 e. The van der Waals surface area contributed by atoms with Crippen molar-refractivity contribution in [1.82, 2.24) is 0 Å². The second-order valence-electron chi connectivity index (χ2n) is 14.0. The number of esters is 2. The molecule has 55 heavy (non-hydrogen) atoms. The van der Waals surface area contributed by atoms with Gasteiger partial charge in [-0.15, -0.1) is 0 Å². The van der Waals surface area contributed by atoms with Crippen molar-refractivity contribution in [2.75, 3.05) is 19.8 Å². The molecule has 0 aliphatic carbocycles. The zero-order valence-electron chi connectivity index (χ0n) is 33.9. The largest absolute Gasteiger partial charge is 0.462 e. The molecule has 314 valence electrons. The molecule has 0 saturated carbocycles. The highest BCUT2D eigenvalue weighted by molar-refractivity contribution is 5.70. The van der Waals surface area contributed by atoms with E-state index in [0.29, 0.717) is 12.8 Å². The highest BCUT2D eigenvalue weighted by Crippen LogP contribution is 2.22. The van der Waals surface area contributed by atoms with Crippen molar-refractivity contribution in [2.24, 2.45) is 0 Å². The second kappa shape index (κ2) is 35.5. The summed E-state index contributed by atoms with van der Waals surface area (Å²) in [6.45, 7) is 3.14. The summed E-state index contributed by atoms with van der Waals surface area (Å²) < 4.78 is 22.1. The fourth-order valence-corrected chi connectivity index (χ4v) is 5.80. The molecule has 0 aromatic rings. The van der Waals surface area contributed by atoms with Crippen LogP contribution in [0.4, 0.5) is 0 Å². The molecule has 6 atom stereocenters. The molecule has 0 spiro atoms. The van der Waals surface area contributed by atoms with Gasteiger partial charge in [-0.25, -0.2) is 0 Å². The molecule has 1 aliphatic rings. The van der Waals surface area contributed by atoms with E-state index in [2.05, 4.69) is 86.8 Å². The van der Waals surface area contributed by atoms with Crippen molar-refractivity contribution < 1.29 is 49.0 Å². The van der Waals surface area contributed by atoms with Gasteiger partial charge in [0.1, 0.15) is 31.0 Å². The second-order valence-corrected chi connectivity index (χ2v) is 14.0. The van der Waals surface area contributed by atoms with Gasteiger partial charge in [0.25, 0.3) is 0 Å². The van der Waals surface area contributed by atoms with E-state index in [1.165, 1.54) is 0 Å². The average Bonchev–Trinajstić information content (AvgIpc) is 3.18. The number of hydrogen-bond acceptors (Lipinski definition) is 10. The Kier molecular flexibility index (Phi) is 32.4. The fourth-order valence-electron chi connectivity index (χ4n) is 5.80. The summed E-state index contributed by atoms with van der Waals surface area (Å²) in [4.78, 5) is 25.3. The van der Waals surface area contributed by atoms with Crippen LogP contribution in [-0.2, 0) is 28.5 Å². The number of allylic oxidation sites excluding steroid dienone is 12. The summed E-state index contributed by atoms with van der Waals surface area (Å²) in [5, 5.41) is 40.0. The fraction of sp³-hybridized carbons (Fsp3) is 0.689. The van der Waals surface area contributed by atoms with Crippen molar-refractivity contribution in [3.63, 3.8) is 0 Å². The van der Waals surface area contributed by atoms with Gasteiger partial charge in [0.15, 0.2) is 12.4 Å². The molecule has 0 radical (unpaired) electrons. The van der Waals surface area contributed by atoms with Gasteiger partial charge in [-0.2, -0.15) is 0 Å². The summed E-state index contributed by atoms with van der Waals surface area (Å²) in [5.41, 5.74) is 0. The highest BCUT2D eigenvalue weighted by Gasteiger charge is 2.44. The molecule has 1 aliphatic heterocycles. The standard InChI is InChI=1S/C45H74O10/c1-3-5-7-9-11-13-15-17-19-21-23-25-27-29-31-33-40(47)52-36-38(37-53-45-44(51)43(50)42(49)39(35-46)55-45)54-41(48)34-32-30-28-26-24-22-20-18-16-14-12-10-8-6-4-2/h5-8,11-14,17-20,38-39,42-46,49-51H,3-4,9-10,15-16,21-37H2,1-2H3/b7-5-,8-6-,13-11-,14-12-,19-17-,20-18-/t38-,39-,42+,43+,44+,45-/m1/s1. The number of hydrogen-bond donors (Lipinski definition) is 4. The van der Waals surface area contributed by atoms with E-state index in [0.717, 1.165) is 103 Å². The molecule has 0 aromatic heterocycles. The lowest BCUT2D eigenvalue weighted by Crippen LogP contribution is -2.59.